The van der Waals surface area contributed by atoms with Crippen molar-refractivity contribution in [3.63, 3.8) is 0 Å². The monoisotopic (exact) mass is 418 g/mol. The van der Waals surface area contributed by atoms with E-state index in [0.717, 1.165) is 4.57 Å². The van der Waals surface area contributed by atoms with Crippen LogP contribution in [0.5, 0.6) is 0 Å². The summed E-state index contributed by atoms with van der Waals surface area (Å²) < 4.78 is 50.7. The van der Waals surface area contributed by atoms with E-state index < -0.39 is 45.1 Å². The number of alkyl halides is 1. The van der Waals surface area contributed by atoms with Gasteiger partial charge in [-0.15, -0.1) is 0 Å². The van der Waals surface area contributed by atoms with Crippen LogP contribution in [-0.2, 0) is 28.4 Å². The van der Waals surface area contributed by atoms with Crippen LogP contribution < -0.4 is 11.2 Å². The summed E-state index contributed by atoms with van der Waals surface area (Å²) >= 11 is 0. The lowest BCUT2D eigenvalue weighted by Crippen LogP contribution is -2.44. The zero-order chi connectivity index (χ0) is 20.0. The Morgan fingerprint density at radius 1 is 1.35 bits per heavy atom. The van der Waals surface area contributed by atoms with Gasteiger partial charge in [0, 0.05) is 24.6 Å². The number of hydrogen-bond donors (Lipinski definition) is 4. The van der Waals surface area contributed by atoms with Gasteiger partial charge >= 0.3 is 21.3 Å². The molecule has 1 saturated heterocycles. The average Bonchev–Trinajstić information content (AvgIpc) is 2.76. The number of halogens is 1. The third-order valence-electron chi connectivity index (χ3n) is 3.65. The fourth-order valence-electron chi connectivity index (χ4n) is 2.44. The summed E-state index contributed by atoms with van der Waals surface area (Å²) in [4.78, 5) is 51.6. The highest BCUT2D eigenvalue weighted by molar-refractivity contribution is 7.60. The first-order valence-corrected chi connectivity index (χ1v) is 10.1. The molecule has 0 aliphatic carbocycles. The van der Waals surface area contributed by atoms with Gasteiger partial charge in [0.25, 0.3) is 5.56 Å². The third kappa shape index (κ3) is 4.96. The molecule has 148 valence electrons. The normalized spacial score (nSPS) is 28.8. The molecule has 0 saturated carbocycles. The molecule has 1 unspecified atom stereocenters. The van der Waals surface area contributed by atoms with Crippen LogP contribution in [0.4, 0.5) is 4.39 Å². The predicted octanol–water partition coefficient (Wildman–Crippen LogP) is 0.220. The molecular formula is C11H17FN2O10P2. The zero-order valence-corrected chi connectivity index (χ0v) is 15.4. The third-order valence-corrected chi connectivity index (χ3v) is 5.78. The van der Waals surface area contributed by atoms with Crippen molar-refractivity contribution in [1.82, 2.24) is 9.55 Å². The molecule has 0 spiro atoms. The number of ether oxygens (including phenoxy) is 1. The van der Waals surface area contributed by atoms with E-state index in [2.05, 4.69) is 8.83 Å². The lowest BCUT2D eigenvalue weighted by atomic mass is 10.1. The molecule has 2 heterocycles. The van der Waals surface area contributed by atoms with Gasteiger partial charge < -0.3 is 19.4 Å². The van der Waals surface area contributed by atoms with Crippen molar-refractivity contribution in [3.8, 4) is 0 Å². The molecule has 15 heteroatoms. The first-order valence-electron chi connectivity index (χ1n) is 7.11. The van der Waals surface area contributed by atoms with Gasteiger partial charge in [-0.3, -0.25) is 18.9 Å². The summed E-state index contributed by atoms with van der Waals surface area (Å²) in [6.07, 6.45) is 0.749. The first-order chi connectivity index (χ1) is 11.6. The zero-order valence-electron chi connectivity index (χ0n) is 13.6. The number of phosphoric ester groups is 1. The molecule has 0 bridgehead atoms. The number of rotatable bonds is 6. The second kappa shape index (κ2) is 6.77. The summed E-state index contributed by atoms with van der Waals surface area (Å²) in [6.45, 7) is 1.60. The minimum atomic E-state index is -5.34. The minimum absolute atomic E-state index is 0.0622. The lowest BCUT2D eigenvalue weighted by molar-refractivity contribution is -0.216. The quantitative estimate of drug-likeness (QED) is 0.467. The second-order valence-electron chi connectivity index (χ2n) is 5.92. The van der Waals surface area contributed by atoms with E-state index in [0.29, 0.717) is 0 Å². The van der Waals surface area contributed by atoms with E-state index in [-0.39, 0.29) is 18.4 Å². The van der Waals surface area contributed by atoms with Crippen LogP contribution in [0.25, 0.3) is 0 Å². The number of H-pyrrole nitrogens is 1. The van der Waals surface area contributed by atoms with Crippen LogP contribution in [0.1, 0.15) is 25.3 Å². The standard InChI is InChI=1S/C11H17FN2O10P2/c1-7-5-14(9(16)13-8(7)15)10(2)3-4-11(12,23-10)6-22-26(20,21)24-25(17,18)19/h5H,3-4,6H2,1-2H3,(H,20,21)(H,13,15,16)(H2,17,18,19)/t10-,11+/m1/s1. The Morgan fingerprint density at radius 3 is 2.54 bits per heavy atom. The van der Waals surface area contributed by atoms with E-state index in [9.17, 15) is 28.0 Å². The highest BCUT2D eigenvalue weighted by Crippen LogP contribution is 2.58. The van der Waals surface area contributed by atoms with Crippen LogP contribution in [-0.4, -0.2) is 36.7 Å². The molecule has 1 aliphatic rings. The lowest BCUT2D eigenvalue weighted by Gasteiger charge is -2.29. The molecule has 1 fully saturated rings. The molecule has 1 aromatic rings. The molecule has 0 radical (unpaired) electrons. The molecule has 0 aromatic carbocycles. The molecule has 1 aliphatic heterocycles. The second-order valence-corrected chi connectivity index (χ2v) is 8.75. The minimum Gasteiger partial charge on any atom is -0.317 e. The summed E-state index contributed by atoms with van der Waals surface area (Å²) in [5, 5.41) is 0. The Labute approximate surface area is 145 Å². The Morgan fingerprint density at radius 2 is 1.96 bits per heavy atom. The number of nitrogens with one attached hydrogen (secondary N) is 1. The van der Waals surface area contributed by atoms with Crippen molar-refractivity contribution < 1.29 is 41.8 Å². The Balaban J connectivity index is 2.17. The van der Waals surface area contributed by atoms with Gasteiger partial charge in [0.2, 0.25) is 5.85 Å². The van der Waals surface area contributed by atoms with Crippen molar-refractivity contribution in [3.05, 3.63) is 32.6 Å². The Hall–Kier alpha value is -1.17. The van der Waals surface area contributed by atoms with E-state index in [1.807, 2.05) is 4.98 Å². The van der Waals surface area contributed by atoms with Crippen LogP contribution >= 0.6 is 15.6 Å². The number of phosphoric acid groups is 2. The van der Waals surface area contributed by atoms with Crippen LogP contribution in [0.2, 0.25) is 0 Å². The van der Waals surface area contributed by atoms with Crippen molar-refractivity contribution >= 4 is 15.6 Å². The average molecular weight is 418 g/mol. The van der Waals surface area contributed by atoms with Gasteiger partial charge in [0.05, 0.1) is 0 Å². The number of nitrogens with zero attached hydrogens (tertiary/aromatic N) is 1. The molecule has 0 amide bonds. The summed E-state index contributed by atoms with van der Waals surface area (Å²) in [5.74, 6) is -2.64. The van der Waals surface area contributed by atoms with Gasteiger partial charge in [0.15, 0.2) is 0 Å². The highest BCUT2D eigenvalue weighted by atomic mass is 31.3. The maximum Gasteiger partial charge on any atom is 0.481 e. The number of aryl methyl sites for hydroxylation is 1. The van der Waals surface area contributed by atoms with Crippen molar-refractivity contribution in [2.75, 3.05) is 6.61 Å². The SMILES string of the molecule is Cc1cn([C@@]2(C)CC[C@@](F)(COP(=O)(O)OP(=O)(O)O)O2)c(=O)[nH]c1=O. The molecule has 1 aromatic heterocycles. The van der Waals surface area contributed by atoms with Crippen LogP contribution in [0, 0.1) is 6.92 Å². The maximum absolute atomic E-state index is 14.8. The van der Waals surface area contributed by atoms with Crippen LogP contribution in [0.3, 0.4) is 0 Å². The molecule has 3 atom stereocenters. The molecular weight excluding hydrogens is 401 g/mol. The smallest absolute Gasteiger partial charge is 0.317 e. The number of hydrogen-bond acceptors (Lipinski definition) is 7. The topological polar surface area (TPSA) is 177 Å². The largest absolute Gasteiger partial charge is 0.481 e. The fraction of sp³-hybridized carbons (Fsp3) is 0.636. The fourth-order valence-corrected chi connectivity index (χ4v) is 4.06. The highest BCUT2D eigenvalue weighted by Gasteiger charge is 2.50. The van der Waals surface area contributed by atoms with E-state index in [1.54, 1.807) is 0 Å². The van der Waals surface area contributed by atoms with Gasteiger partial charge in [-0.2, -0.15) is 4.31 Å². The number of aromatic nitrogens is 2. The summed E-state index contributed by atoms with van der Waals surface area (Å²) in [5.41, 5.74) is -2.81. The first kappa shape index (κ1) is 21.1. The van der Waals surface area contributed by atoms with Gasteiger partial charge in [0.1, 0.15) is 12.3 Å². The van der Waals surface area contributed by atoms with E-state index >= 15 is 0 Å². The predicted molar refractivity (Wildman–Crippen MR) is 82.8 cm³/mol. The van der Waals surface area contributed by atoms with E-state index in [4.69, 9.17) is 14.5 Å². The Bertz CT molecular complexity index is 909. The Kier molecular flexibility index (Phi) is 5.50. The maximum atomic E-state index is 14.8. The van der Waals surface area contributed by atoms with Crippen molar-refractivity contribution in [1.29, 1.82) is 0 Å². The van der Waals surface area contributed by atoms with Crippen molar-refractivity contribution in [2.24, 2.45) is 0 Å². The van der Waals surface area contributed by atoms with Gasteiger partial charge in [-0.05, 0) is 13.8 Å². The molecule has 12 nitrogen and oxygen atoms in total. The van der Waals surface area contributed by atoms with Crippen molar-refractivity contribution in [2.45, 2.75) is 38.3 Å². The van der Waals surface area contributed by atoms with Gasteiger partial charge in [-0.1, -0.05) is 0 Å². The van der Waals surface area contributed by atoms with Crippen LogP contribution in [0.15, 0.2) is 15.8 Å². The molecule has 26 heavy (non-hydrogen) atoms. The molecule has 2 rings (SSSR count). The summed E-state index contributed by atoms with van der Waals surface area (Å²) in [7, 11) is -10.6. The molecule has 4 N–H and O–H groups in total. The van der Waals surface area contributed by atoms with Gasteiger partial charge in [-0.25, -0.2) is 18.3 Å². The van der Waals surface area contributed by atoms with E-state index in [1.165, 1.54) is 20.0 Å². The number of aromatic amines is 1. The summed E-state index contributed by atoms with van der Waals surface area (Å²) in [6, 6.07) is 0.